The van der Waals surface area contributed by atoms with E-state index in [0.717, 1.165) is 4.47 Å². The lowest BCUT2D eigenvalue weighted by atomic mass is 10.2. The summed E-state index contributed by atoms with van der Waals surface area (Å²) in [5.74, 6) is 0.360. The molecule has 0 aliphatic carbocycles. The normalized spacial score (nSPS) is 18.3. The van der Waals surface area contributed by atoms with Crippen LogP contribution in [0.15, 0.2) is 22.7 Å². The summed E-state index contributed by atoms with van der Waals surface area (Å²) in [7, 11) is 1.56. The van der Waals surface area contributed by atoms with Gasteiger partial charge in [0.15, 0.2) is 0 Å². The first kappa shape index (κ1) is 12.9. The smallest absolute Gasteiger partial charge is 0.246 e. The maximum atomic E-state index is 11.9. The summed E-state index contributed by atoms with van der Waals surface area (Å²) in [6, 6.07) is 4.85. The Bertz CT molecular complexity index is 490. The molecule has 1 aromatic rings. The van der Waals surface area contributed by atoms with Crippen LogP contribution in [0.5, 0.6) is 5.75 Å². The summed E-state index contributed by atoms with van der Waals surface area (Å²) in [5.41, 5.74) is 0.625. The second-order valence-corrected chi connectivity index (χ2v) is 4.85. The number of benzene rings is 1. The number of hydrogen-bond donors (Lipinski definition) is 2. The lowest BCUT2D eigenvalue weighted by Gasteiger charge is -2.13. The molecule has 0 bridgehead atoms. The van der Waals surface area contributed by atoms with Gasteiger partial charge >= 0.3 is 0 Å². The molecule has 6 heteroatoms. The highest BCUT2D eigenvalue weighted by Crippen LogP contribution is 2.27. The quantitative estimate of drug-likeness (QED) is 0.892. The monoisotopic (exact) mass is 312 g/mol. The largest absolute Gasteiger partial charge is 0.497 e. The van der Waals surface area contributed by atoms with Crippen molar-refractivity contribution in [1.29, 1.82) is 0 Å². The molecule has 1 aliphatic heterocycles. The number of carbonyl (C=O) groups is 2. The fourth-order valence-electron chi connectivity index (χ4n) is 1.76. The molecule has 1 fully saturated rings. The Morgan fingerprint density at radius 3 is 2.94 bits per heavy atom. The van der Waals surface area contributed by atoms with Gasteiger partial charge in [-0.25, -0.2) is 0 Å². The molecule has 1 heterocycles. The van der Waals surface area contributed by atoms with Crippen molar-refractivity contribution < 1.29 is 14.3 Å². The molecule has 0 aromatic heterocycles. The van der Waals surface area contributed by atoms with Gasteiger partial charge in [-0.2, -0.15) is 0 Å². The molecule has 1 aromatic carbocycles. The van der Waals surface area contributed by atoms with Crippen molar-refractivity contribution in [3.05, 3.63) is 22.7 Å². The van der Waals surface area contributed by atoms with Gasteiger partial charge < -0.3 is 15.4 Å². The van der Waals surface area contributed by atoms with Gasteiger partial charge in [0, 0.05) is 17.0 Å². The van der Waals surface area contributed by atoms with E-state index in [1.807, 2.05) is 0 Å². The molecule has 0 radical (unpaired) electrons. The molecule has 2 N–H and O–H groups in total. The van der Waals surface area contributed by atoms with Crippen LogP contribution < -0.4 is 15.4 Å². The SMILES string of the molecule is COc1ccc(Br)c(NC(=O)[C@@H]2CCC(=O)N2)c1. The van der Waals surface area contributed by atoms with Crippen molar-refractivity contribution in [2.45, 2.75) is 18.9 Å². The van der Waals surface area contributed by atoms with Crippen LogP contribution >= 0.6 is 15.9 Å². The van der Waals surface area contributed by atoms with Crippen LogP contribution in [0.3, 0.4) is 0 Å². The molecule has 5 nitrogen and oxygen atoms in total. The van der Waals surface area contributed by atoms with E-state index in [1.54, 1.807) is 25.3 Å². The van der Waals surface area contributed by atoms with Gasteiger partial charge in [0.1, 0.15) is 11.8 Å². The number of rotatable bonds is 3. The summed E-state index contributed by atoms with van der Waals surface area (Å²) < 4.78 is 5.86. The summed E-state index contributed by atoms with van der Waals surface area (Å²) in [6.07, 6.45) is 0.934. The number of ether oxygens (including phenoxy) is 1. The molecule has 2 rings (SSSR count). The second kappa shape index (κ2) is 5.39. The predicted octanol–water partition coefficient (Wildman–Crippen LogP) is 1.67. The Hall–Kier alpha value is -1.56. The zero-order valence-corrected chi connectivity index (χ0v) is 11.4. The third-order valence-electron chi connectivity index (χ3n) is 2.74. The summed E-state index contributed by atoms with van der Waals surface area (Å²) >= 11 is 3.35. The third-order valence-corrected chi connectivity index (χ3v) is 3.43. The van der Waals surface area contributed by atoms with Gasteiger partial charge in [-0.15, -0.1) is 0 Å². The number of carbonyl (C=O) groups excluding carboxylic acids is 2. The van der Waals surface area contributed by atoms with Gasteiger partial charge in [0.25, 0.3) is 0 Å². The van der Waals surface area contributed by atoms with E-state index in [9.17, 15) is 9.59 Å². The molecule has 1 aliphatic rings. The van der Waals surface area contributed by atoms with E-state index < -0.39 is 6.04 Å². The molecule has 0 spiro atoms. The van der Waals surface area contributed by atoms with E-state index in [-0.39, 0.29) is 11.8 Å². The Kier molecular flexibility index (Phi) is 3.86. The van der Waals surface area contributed by atoms with Crippen molar-refractivity contribution in [1.82, 2.24) is 5.32 Å². The van der Waals surface area contributed by atoms with Crippen LogP contribution in [0.1, 0.15) is 12.8 Å². The average Bonchev–Trinajstić information content (AvgIpc) is 2.79. The van der Waals surface area contributed by atoms with Gasteiger partial charge in [-0.3, -0.25) is 9.59 Å². The average molecular weight is 313 g/mol. The zero-order chi connectivity index (χ0) is 13.1. The Labute approximate surface area is 113 Å². The van der Waals surface area contributed by atoms with Crippen molar-refractivity contribution in [2.24, 2.45) is 0 Å². The van der Waals surface area contributed by atoms with Crippen molar-refractivity contribution >= 4 is 33.4 Å². The molecule has 18 heavy (non-hydrogen) atoms. The van der Waals surface area contributed by atoms with Crippen LogP contribution in [0.2, 0.25) is 0 Å². The lowest BCUT2D eigenvalue weighted by molar-refractivity contribution is -0.122. The van der Waals surface area contributed by atoms with E-state index in [2.05, 4.69) is 26.6 Å². The van der Waals surface area contributed by atoms with E-state index in [4.69, 9.17) is 4.74 Å². The molecular formula is C12H13BrN2O3. The molecule has 0 saturated carbocycles. The topological polar surface area (TPSA) is 67.4 Å². The number of hydrogen-bond acceptors (Lipinski definition) is 3. The first-order valence-corrected chi connectivity index (χ1v) is 6.33. The standard InChI is InChI=1S/C12H13BrN2O3/c1-18-7-2-3-8(13)10(6-7)15-12(17)9-4-5-11(16)14-9/h2-3,6,9H,4-5H2,1H3,(H,14,16)(H,15,17)/t9-/m0/s1. The second-order valence-electron chi connectivity index (χ2n) is 3.99. The fourth-order valence-corrected chi connectivity index (χ4v) is 2.10. The van der Waals surface area contributed by atoms with E-state index >= 15 is 0 Å². The Morgan fingerprint density at radius 1 is 1.56 bits per heavy atom. The highest BCUT2D eigenvalue weighted by molar-refractivity contribution is 9.10. The first-order valence-electron chi connectivity index (χ1n) is 5.54. The molecule has 96 valence electrons. The molecular weight excluding hydrogens is 300 g/mol. The van der Waals surface area contributed by atoms with Crippen LogP contribution in [-0.2, 0) is 9.59 Å². The number of anilines is 1. The minimum atomic E-state index is -0.449. The van der Waals surface area contributed by atoms with Gasteiger partial charge in [0.2, 0.25) is 11.8 Å². The molecule has 1 atom stereocenters. The van der Waals surface area contributed by atoms with Gasteiger partial charge in [-0.1, -0.05) is 0 Å². The lowest BCUT2D eigenvalue weighted by Crippen LogP contribution is -2.37. The summed E-state index contributed by atoms with van der Waals surface area (Å²) in [5, 5.41) is 5.39. The van der Waals surface area contributed by atoms with Crippen LogP contribution in [0.25, 0.3) is 0 Å². The van der Waals surface area contributed by atoms with Crippen molar-refractivity contribution in [3.63, 3.8) is 0 Å². The van der Waals surface area contributed by atoms with Crippen LogP contribution in [0, 0.1) is 0 Å². The highest BCUT2D eigenvalue weighted by atomic mass is 79.9. The summed E-state index contributed by atoms with van der Waals surface area (Å²) in [6.45, 7) is 0. The maximum absolute atomic E-state index is 11.9. The van der Waals surface area contributed by atoms with Crippen molar-refractivity contribution in [3.8, 4) is 5.75 Å². The fraction of sp³-hybridized carbons (Fsp3) is 0.333. The molecule has 0 unspecified atom stereocenters. The maximum Gasteiger partial charge on any atom is 0.246 e. The van der Waals surface area contributed by atoms with Crippen molar-refractivity contribution in [2.75, 3.05) is 12.4 Å². The van der Waals surface area contributed by atoms with E-state index in [0.29, 0.717) is 24.3 Å². The zero-order valence-electron chi connectivity index (χ0n) is 9.83. The Balaban J connectivity index is 2.09. The van der Waals surface area contributed by atoms with Crippen LogP contribution in [-0.4, -0.2) is 25.0 Å². The van der Waals surface area contributed by atoms with Crippen LogP contribution in [0.4, 0.5) is 5.69 Å². The minimum Gasteiger partial charge on any atom is -0.497 e. The molecule has 2 amide bonds. The first-order chi connectivity index (χ1) is 8.60. The number of halogens is 1. The van der Waals surface area contributed by atoms with Gasteiger partial charge in [0.05, 0.1) is 12.8 Å². The molecule has 1 saturated heterocycles. The highest BCUT2D eigenvalue weighted by Gasteiger charge is 2.27. The van der Waals surface area contributed by atoms with E-state index in [1.165, 1.54) is 0 Å². The Morgan fingerprint density at radius 2 is 2.33 bits per heavy atom. The predicted molar refractivity (Wildman–Crippen MR) is 70.5 cm³/mol. The number of amides is 2. The summed E-state index contributed by atoms with van der Waals surface area (Å²) in [4.78, 5) is 23.0. The minimum absolute atomic E-state index is 0.0835. The number of nitrogens with one attached hydrogen (secondary N) is 2. The number of methoxy groups -OCH3 is 1. The van der Waals surface area contributed by atoms with Gasteiger partial charge in [-0.05, 0) is 34.5 Å². The third kappa shape index (κ3) is 2.81.